The first kappa shape index (κ1) is 25.2. The molecule has 2 aromatic carbocycles. The van der Waals surface area contributed by atoms with Crippen molar-refractivity contribution in [2.24, 2.45) is 7.05 Å². The van der Waals surface area contributed by atoms with Gasteiger partial charge >= 0.3 is 0 Å². The summed E-state index contributed by atoms with van der Waals surface area (Å²) < 4.78 is 1.87. The van der Waals surface area contributed by atoms with E-state index in [0.29, 0.717) is 38.2 Å². The Morgan fingerprint density at radius 3 is 2.28 bits per heavy atom. The molecular formula is C29H34N4O3. The van der Waals surface area contributed by atoms with Crippen molar-refractivity contribution in [1.29, 1.82) is 0 Å². The SMILES string of the molecule is Cn1c(C(=O)N2CCCNC(=O)CCC(c3ccccc3)CCNC(=O)C2)ccc1-c1ccccc1. The molecule has 0 radical (unpaired) electrons. The number of carbonyl (C=O) groups excluding carboxylic acids is 3. The first-order valence-corrected chi connectivity index (χ1v) is 12.6. The summed E-state index contributed by atoms with van der Waals surface area (Å²) in [7, 11) is 1.86. The molecule has 0 spiro atoms. The van der Waals surface area contributed by atoms with Gasteiger partial charge in [0, 0.05) is 38.8 Å². The van der Waals surface area contributed by atoms with Gasteiger partial charge in [-0.15, -0.1) is 0 Å². The highest BCUT2D eigenvalue weighted by Gasteiger charge is 2.23. The molecule has 0 bridgehead atoms. The standard InChI is InChI=1S/C29H34N4O3/c1-32-25(24-11-6-3-7-12-24)14-15-26(32)29(36)33-20-8-18-30-27(34)16-13-23(17-19-31-28(35)21-33)22-9-4-2-5-10-22/h2-7,9-12,14-15,23H,8,13,16-21H2,1H3,(H,30,34)(H,31,35). The number of amides is 3. The van der Waals surface area contributed by atoms with E-state index >= 15 is 0 Å². The predicted octanol–water partition coefficient (Wildman–Crippen LogP) is 3.72. The van der Waals surface area contributed by atoms with Gasteiger partial charge in [-0.25, -0.2) is 0 Å². The lowest BCUT2D eigenvalue weighted by Gasteiger charge is -2.24. The molecule has 7 nitrogen and oxygen atoms in total. The first-order valence-electron chi connectivity index (χ1n) is 12.6. The van der Waals surface area contributed by atoms with Crippen molar-refractivity contribution in [2.45, 2.75) is 31.6 Å². The third-order valence-corrected chi connectivity index (χ3v) is 6.76. The van der Waals surface area contributed by atoms with Crippen molar-refractivity contribution < 1.29 is 14.4 Å². The molecule has 7 heteroatoms. The van der Waals surface area contributed by atoms with E-state index < -0.39 is 0 Å². The van der Waals surface area contributed by atoms with E-state index in [1.807, 2.05) is 66.2 Å². The fourth-order valence-electron chi connectivity index (χ4n) is 4.75. The maximum absolute atomic E-state index is 13.5. The van der Waals surface area contributed by atoms with Gasteiger partial charge in [-0.05, 0) is 48.4 Å². The van der Waals surface area contributed by atoms with Crippen LogP contribution in [-0.2, 0) is 16.6 Å². The second-order valence-corrected chi connectivity index (χ2v) is 9.24. The Labute approximate surface area is 212 Å². The van der Waals surface area contributed by atoms with E-state index in [0.717, 1.165) is 24.1 Å². The molecule has 36 heavy (non-hydrogen) atoms. The van der Waals surface area contributed by atoms with E-state index in [9.17, 15) is 14.4 Å². The summed E-state index contributed by atoms with van der Waals surface area (Å²) >= 11 is 0. The van der Waals surface area contributed by atoms with Gasteiger partial charge in [0.15, 0.2) is 0 Å². The maximum atomic E-state index is 13.5. The van der Waals surface area contributed by atoms with Crippen LogP contribution in [0.2, 0.25) is 0 Å². The Kier molecular flexibility index (Phi) is 8.55. The van der Waals surface area contributed by atoms with Crippen LogP contribution in [0, 0.1) is 0 Å². The quantitative estimate of drug-likeness (QED) is 0.592. The van der Waals surface area contributed by atoms with Crippen molar-refractivity contribution in [2.75, 3.05) is 26.2 Å². The molecule has 1 aromatic heterocycles. The van der Waals surface area contributed by atoms with Crippen LogP contribution in [0.4, 0.5) is 0 Å². The number of nitrogens with zero attached hydrogens (tertiary/aromatic N) is 2. The van der Waals surface area contributed by atoms with E-state index in [4.69, 9.17) is 0 Å². The number of carbonyl (C=O) groups is 3. The summed E-state index contributed by atoms with van der Waals surface area (Å²) in [6.07, 6.45) is 2.47. The van der Waals surface area contributed by atoms with Crippen LogP contribution in [0.25, 0.3) is 11.3 Å². The number of benzene rings is 2. The zero-order valence-electron chi connectivity index (χ0n) is 20.8. The fraction of sp³-hybridized carbons (Fsp3) is 0.345. The molecule has 2 N–H and O–H groups in total. The summed E-state index contributed by atoms with van der Waals surface area (Å²) in [5.41, 5.74) is 3.65. The summed E-state index contributed by atoms with van der Waals surface area (Å²) in [5.74, 6) is -0.174. The molecule has 4 rings (SSSR count). The number of nitrogens with one attached hydrogen (secondary N) is 2. The zero-order valence-corrected chi connectivity index (χ0v) is 20.8. The van der Waals surface area contributed by atoms with Crippen molar-refractivity contribution >= 4 is 17.7 Å². The molecule has 1 aliphatic rings. The van der Waals surface area contributed by atoms with Crippen LogP contribution >= 0.6 is 0 Å². The van der Waals surface area contributed by atoms with Crippen LogP contribution in [0.5, 0.6) is 0 Å². The number of aromatic nitrogens is 1. The van der Waals surface area contributed by atoms with Crippen molar-refractivity contribution in [3.05, 3.63) is 84.1 Å². The summed E-state index contributed by atoms with van der Waals surface area (Å²) in [6.45, 7) is 1.31. The lowest BCUT2D eigenvalue weighted by Crippen LogP contribution is -2.43. The van der Waals surface area contributed by atoms with Crippen molar-refractivity contribution in [3.8, 4) is 11.3 Å². The third kappa shape index (κ3) is 6.42. The summed E-state index contributed by atoms with van der Waals surface area (Å²) in [4.78, 5) is 40.3. The van der Waals surface area contributed by atoms with Gasteiger partial charge in [0.05, 0.1) is 6.54 Å². The number of hydrogen-bond donors (Lipinski definition) is 2. The molecule has 3 amide bonds. The number of hydrogen-bond acceptors (Lipinski definition) is 3. The molecule has 1 aliphatic heterocycles. The Balaban J connectivity index is 1.47. The molecule has 1 fully saturated rings. The average Bonchev–Trinajstić information content (AvgIpc) is 3.29. The minimum atomic E-state index is -0.199. The molecule has 1 saturated heterocycles. The Bertz CT molecular complexity index is 1170. The molecule has 1 unspecified atom stereocenters. The maximum Gasteiger partial charge on any atom is 0.270 e. The van der Waals surface area contributed by atoms with E-state index in [1.54, 1.807) is 11.0 Å². The van der Waals surface area contributed by atoms with E-state index in [2.05, 4.69) is 22.8 Å². The van der Waals surface area contributed by atoms with Gasteiger partial charge < -0.3 is 20.1 Å². The largest absolute Gasteiger partial charge is 0.356 e. The minimum Gasteiger partial charge on any atom is -0.356 e. The lowest BCUT2D eigenvalue weighted by molar-refractivity contribution is -0.123. The lowest BCUT2D eigenvalue weighted by atomic mass is 9.91. The Morgan fingerprint density at radius 2 is 1.53 bits per heavy atom. The predicted molar refractivity (Wildman–Crippen MR) is 140 cm³/mol. The Hall–Kier alpha value is -3.87. The van der Waals surface area contributed by atoms with Crippen LogP contribution in [-0.4, -0.2) is 53.4 Å². The molecular weight excluding hydrogens is 452 g/mol. The van der Waals surface area contributed by atoms with Crippen LogP contribution in [0.3, 0.4) is 0 Å². The van der Waals surface area contributed by atoms with Crippen molar-refractivity contribution in [1.82, 2.24) is 20.1 Å². The van der Waals surface area contributed by atoms with Gasteiger partial charge in [-0.1, -0.05) is 60.7 Å². The second kappa shape index (κ2) is 12.2. The topological polar surface area (TPSA) is 83.4 Å². The highest BCUT2D eigenvalue weighted by Crippen LogP contribution is 2.25. The monoisotopic (exact) mass is 486 g/mol. The van der Waals surface area contributed by atoms with Gasteiger partial charge in [-0.2, -0.15) is 0 Å². The Morgan fingerprint density at radius 1 is 0.833 bits per heavy atom. The van der Waals surface area contributed by atoms with Gasteiger partial charge in [0.1, 0.15) is 5.69 Å². The molecule has 0 aliphatic carbocycles. The van der Waals surface area contributed by atoms with E-state index in [1.165, 1.54) is 5.56 Å². The summed E-state index contributed by atoms with van der Waals surface area (Å²) in [6, 6.07) is 23.7. The van der Waals surface area contributed by atoms with Crippen LogP contribution < -0.4 is 10.6 Å². The first-order chi connectivity index (χ1) is 17.5. The summed E-state index contributed by atoms with van der Waals surface area (Å²) in [5, 5.41) is 5.96. The minimum absolute atomic E-state index is 0.0184. The second-order valence-electron chi connectivity index (χ2n) is 9.24. The molecule has 2 heterocycles. The van der Waals surface area contributed by atoms with Crippen LogP contribution in [0.15, 0.2) is 72.8 Å². The highest BCUT2D eigenvalue weighted by molar-refractivity contribution is 5.96. The smallest absolute Gasteiger partial charge is 0.270 e. The van der Waals surface area contributed by atoms with Gasteiger partial charge in [0.2, 0.25) is 11.8 Å². The van der Waals surface area contributed by atoms with Gasteiger partial charge in [0.25, 0.3) is 5.91 Å². The van der Waals surface area contributed by atoms with Gasteiger partial charge in [-0.3, -0.25) is 14.4 Å². The zero-order chi connectivity index (χ0) is 25.3. The molecule has 188 valence electrons. The fourth-order valence-corrected chi connectivity index (χ4v) is 4.75. The normalized spacial score (nSPS) is 18.1. The van der Waals surface area contributed by atoms with E-state index in [-0.39, 0.29) is 30.2 Å². The highest BCUT2D eigenvalue weighted by atomic mass is 16.2. The van der Waals surface area contributed by atoms with Crippen LogP contribution in [0.1, 0.15) is 47.7 Å². The third-order valence-electron chi connectivity index (χ3n) is 6.76. The molecule has 0 saturated carbocycles. The molecule has 3 aromatic rings. The number of rotatable bonds is 3. The van der Waals surface area contributed by atoms with Crippen molar-refractivity contribution in [3.63, 3.8) is 0 Å². The average molecular weight is 487 g/mol. The molecule has 1 atom stereocenters.